The molecule has 0 spiro atoms. The quantitative estimate of drug-likeness (QED) is 0.0453. The van der Waals surface area contributed by atoms with Gasteiger partial charge >= 0.3 is 34.1 Å². The summed E-state index contributed by atoms with van der Waals surface area (Å²) in [7, 11) is 3.03. The predicted molar refractivity (Wildman–Crippen MR) is 542 cm³/mol. The van der Waals surface area contributed by atoms with Crippen molar-refractivity contribution in [2.24, 2.45) is 5.92 Å². The number of nitrogens with zero attached hydrogens (tertiary/aromatic N) is 8. The summed E-state index contributed by atoms with van der Waals surface area (Å²) in [6.07, 6.45) is 16.1. The molecule has 13 aromatic rings. The van der Waals surface area contributed by atoms with Crippen molar-refractivity contribution in [1.29, 1.82) is 0 Å². The van der Waals surface area contributed by atoms with Crippen molar-refractivity contribution in [3.8, 4) is 23.3 Å². The summed E-state index contributed by atoms with van der Waals surface area (Å²) in [6, 6.07) is 46.1. The Hall–Kier alpha value is -15.6. The molecular formula is C104H118F3N21O15. The molecule has 2 aliphatic carbocycles. The van der Waals surface area contributed by atoms with E-state index in [1.54, 1.807) is 62.8 Å². The molecule has 8 aliphatic rings. The molecule has 0 amide bonds. The molecule has 0 radical (unpaired) electrons. The van der Waals surface area contributed by atoms with E-state index in [-0.39, 0.29) is 136 Å². The Morgan fingerprint density at radius 3 is 1.31 bits per heavy atom. The summed E-state index contributed by atoms with van der Waals surface area (Å²) in [6.45, 7) is 12.7. The van der Waals surface area contributed by atoms with Crippen molar-refractivity contribution in [1.82, 2.24) is 72.3 Å². The fraction of sp³-hybridized carbons (Fsp3) is 0.394. The van der Waals surface area contributed by atoms with Gasteiger partial charge in [-0.15, -0.1) is 0 Å². The Bertz CT molecular complexity index is 7640. The lowest BCUT2D eigenvalue weighted by Gasteiger charge is -2.37. The van der Waals surface area contributed by atoms with Crippen molar-refractivity contribution in [2.45, 2.75) is 243 Å². The molecule has 0 saturated heterocycles. The number of hydrogen-bond donors (Lipinski definition) is 13. The van der Waals surface area contributed by atoms with Crippen LogP contribution in [0.5, 0.6) is 11.8 Å². The second-order valence-corrected chi connectivity index (χ2v) is 38.0. The molecule has 6 atom stereocenters. The first-order chi connectivity index (χ1) is 68.7. The molecule has 2 fully saturated rings. The second kappa shape index (κ2) is 43.6. The largest absolute Gasteiger partial charge is 0.481 e. The summed E-state index contributed by atoms with van der Waals surface area (Å²) in [5.74, 6) is 1.13. The smallest absolute Gasteiger partial charge is 0.335 e. The zero-order chi connectivity index (χ0) is 101. The lowest BCUT2D eigenvalue weighted by Crippen LogP contribution is -2.43. The summed E-state index contributed by atoms with van der Waals surface area (Å²) in [5.41, 5.74) is 5.64. The highest BCUT2D eigenvalue weighted by Crippen LogP contribution is 2.41. The van der Waals surface area contributed by atoms with Crippen LogP contribution < -0.4 is 114 Å². The minimum Gasteiger partial charge on any atom is -0.481 e. The van der Waals surface area contributed by atoms with Gasteiger partial charge in [-0.1, -0.05) is 109 Å². The number of nitrogens with one attached hydrogen (secondary N) is 13. The van der Waals surface area contributed by atoms with Gasteiger partial charge in [0.2, 0.25) is 23.2 Å². The highest BCUT2D eigenvalue weighted by molar-refractivity contribution is 5.54. The number of H-pyrrole nitrogens is 7. The number of anilines is 6. The molecule has 39 heteroatoms. The number of benzene rings is 4. The van der Waals surface area contributed by atoms with Crippen LogP contribution in [0.4, 0.5) is 48.1 Å². The number of halogens is 3. The number of aromatic nitrogens is 15. The summed E-state index contributed by atoms with van der Waals surface area (Å²) >= 11 is 0. The number of aromatic amines is 7. The highest BCUT2D eigenvalue weighted by atomic mass is 19.3. The van der Waals surface area contributed by atoms with E-state index in [1.165, 1.54) is 54.7 Å². The highest BCUT2D eigenvalue weighted by Gasteiger charge is 2.40. The Morgan fingerprint density at radius 2 is 0.839 bits per heavy atom. The van der Waals surface area contributed by atoms with Crippen molar-refractivity contribution < 1.29 is 22.6 Å². The monoisotopic (exact) mass is 1960 g/mol. The first-order valence-electron chi connectivity index (χ1n) is 48.5. The first kappa shape index (κ1) is 100. The van der Waals surface area contributed by atoms with Crippen LogP contribution in [0.3, 0.4) is 0 Å². The summed E-state index contributed by atoms with van der Waals surface area (Å²) in [5, 5.41) is 19.6. The molecule has 0 bridgehead atoms. The van der Waals surface area contributed by atoms with E-state index in [1.807, 2.05) is 114 Å². The molecule has 0 unspecified atom stereocenters. The fourth-order valence-corrected chi connectivity index (χ4v) is 19.8. The first-order valence-corrected chi connectivity index (χ1v) is 48.5. The maximum absolute atomic E-state index is 13.7. The minimum absolute atomic E-state index is 0.00542. The van der Waals surface area contributed by atoms with Gasteiger partial charge in [0, 0.05) is 79.7 Å². The SMILES string of the molecule is CC(C)n1c(=O)[nH]c2c(c1=O)CC[C@H](Cc1ccccc1)N2.CC(C)n1c(=O)[nH]c2c(c1=O)CC[C@H](c1ccc(=O)[nH]c1)N2.COc1ccc([C@H]2CCc3c([nH]c(=O)n(C(C)C)c3=O)N2)cn1.COc1cccc(-n2c(=O)[nH]c3c(c2=O)CC[C@H](C2CCC(F)(F)CC2)N3)n1.Cc1cc(F)cc(-n2c(=O)[nH]c3c(c2=O)CC[C@H](c2ccccc2)N3)c1.O=c1[nH]c2c(c(=O)n1C1CCC1)CC[C@H](c1ccccc1)N2. The van der Waals surface area contributed by atoms with Gasteiger partial charge in [0.15, 0.2) is 0 Å². The number of ether oxygens (including phenoxy) is 2. The second-order valence-electron chi connectivity index (χ2n) is 38.0. The topological polar surface area (TPSA) is 478 Å². The van der Waals surface area contributed by atoms with Gasteiger partial charge in [0.05, 0.1) is 77.5 Å². The number of hydrogen-bond acceptors (Lipinski definition) is 23. The van der Waals surface area contributed by atoms with Crippen LogP contribution in [0.15, 0.2) is 226 Å². The summed E-state index contributed by atoms with van der Waals surface area (Å²) in [4.78, 5) is 188. The lowest BCUT2D eigenvalue weighted by molar-refractivity contribution is -0.0478. The van der Waals surface area contributed by atoms with E-state index >= 15 is 0 Å². The maximum Gasteiger partial charge on any atom is 0.335 e. The van der Waals surface area contributed by atoms with E-state index < -0.39 is 39.9 Å². The van der Waals surface area contributed by atoms with E-state index in [0.29, 0.717) is 138 Å². The Morgan fingerprint density at radius 1 is 0.406 bits per heavy atom. The normalized spacial score (nSPS) is 18.3. The van der Waals surface area contributed by atoms with Gasteiger partial charge in [-0.2, -0.15) is 4.98 Å². The fourth-order valence-electron chi connectivity index (χ4n) is 19.8. The standard InChI is InChI=1S/C20H18FN3O2.C19H22F2N4O3.C17H19N3O2.C17H21N3O2.C16H20N4O3.C15H18N4O3/c1-12-9-14(21)11-15(10-12)24-19(25)16-7-8-17(13-5-3-2-4-6-13)22-18(16)23-20(24)26;1-28-15-4-2-3-14(23-15)25-17(26)12-5-6-13(22-16(12)24-18(25)27)11-7-9-19(20,21)10-8-11;21-16-13-9-10-14(11-5-2-1-3-6-11)18-15(13)19-17(22)20(16)12-7-4-8-12;1-11(2)20-16(21)14-9-8-13(18-15(14)19-17(20)22)10-12-6-4-3-5-7-12;1-9(2)20-15(21)11-5-6-12(18-14(11)19-16(20)22)10-4-7-13(23-3)17-8-10;1-8(2)19-14(21)10-4-5-11(17-13(10)18-15(19)22)9-3-6-12(20)16-7-9/h2-6,9-11,17,22H,7-8H2,1H3,(H,23,26);2-4,11,13,22H,5-10H2,1H3,(H,24,27);1-3,5-6,12,14,18H,4,7-10H2,(H,19,22);3-7,11,13,18H,8-10H2,1-2H3,(H,19,22);4,7-9,12,18H,5-6H2,1-3H3,(H,19,22);3,6-8,11,17H,4-5H2,1-2H3,(H,16,20)(H,18,22)/t17-;13-;14-;13-;12-;11-/m111111/s1. The molecule has 750 valence electrons. The van der Waals surface area contributed by atoms with Crippen LogP contribution in [0.25, 0.3) is 11.5 Å². The van der Waals surface area contributed by atoms with Gasteiger partial charge in [0.25, 0.3) is 33.4 Å². The molecule has 143 heavy (non-hydrogen) atoms. The van der Waals surface area contributed by atoms with Crippen LogP contribution in [-0.4, -0.2) is 104 Å². The average Bonchev–Trinajstić information content (AvgIpc) is 0.781. The molecule has 13 N–H and O–H groups in total. The third-order valence-electron chi connectivity index (χ3n) is 27.5. The molecule has 6 aliphatic heterocycles. The number of rotatable bonds is 15. The van der Waals surface area contributed by atoms with Gasteiger partial charge in [-0.05, 0) is 228 Å². The molecule has 15 heterocycles. The molecule has 9 aromatic heterocycles. The zero-order valence-corrected chi connectivity index (χ0v) is 80.9. The average molecular weight is 1960 g/mol. The zero-order valence-electron chi connectivity index (χ0n) is 80.9. The Kier molecular flexibility index (Phi) is 30.6. The van der Waals surface area contributed by atoms with Crippen molar-refractivity contribution >= 4 is 34.9 Å². The molecular weight excluding hydrogens is 1840 g/mol. The van der Waals surface area contributed by atoms with Crippen LogP contribution in [0.1, 0.15) is 240 Å². The number of fused-ring (bicyclic) bond motifs is 6. The molecule has 21 rings (SSSR count). The molecule has 4 aromatic carbocycles. The Balaban J connectivity index is 0.000000124. The van der Waals surface area contributed by atoms with E-state index in [2.05, 4.69) is 101 Å². The van der Waals surface area contributed by atoms with E-state index in [9.17, 15) is 75.5 Å². The third kappa shape index (κ3) is 22.6. The maximum atomic E-state index is 13.7. The predicted octanol–water partition coefficient (Wildman–Crippen LogP) is 12.5. The lowest BCUT2D eigenvalue weighted by atomic mass is 9.79. The van der Waals surface area contributed by atoms with Crippen LogP contribution in [0.2, 0.25) is 0 Å². The van der Waals surface area contributed by atoms with Crippen molar-refractivity contribution in [2.75, 3.05) is 46.1 Å². The van der Waals surface area contributed by atoms with Gasteiger partial charge < -0.3 is 46.4 Å². The number of aryl methyl sites for hydroxylation is 1. The number of alkyl halides is 2. The third-order valence-corrected chi connectivity index (χ3v) is 27.5. The number of pyridine rings is 3. The molecule has 36 nitrogen and oxygen atoms in total. The van der Waals surface area contributed by atoms with E-state index in [4.69, 9.17) is 9.47 Å². The van der Waals surface area contributed by atoms with Crippen molar-refractivity contribution in [3.05, 3.63) is 372 Å². The van der Waals surface area contributed by atoms with Crippen LogP contribution in [0, 0.1) is 18.7 Å². The van der Waals surface area contributed by atoms with Gasteiger partial charge in [-0.25, -0.2) is 56.1 Å². The minimum atomic E-state index is -2.57. The van der Waals surface area contributed by atoms with Crippen LogP contribution in [-0.2, 0) is 44.9 Å². The van der Waals surface area contributed by atoms with Gasteiger partial charge in [0.1, 0.15) is 46.5 Å². The molecule has 2 saturated carbocycles. The van der Waals surface area contributed by atoms with Crippen molar-refractivity contribution in [3.63, 3.8) is 0 Å². The summed E-state index contributed by atoms with van der Waals surface area (Å²) < 4.78 is 57.9. The van der Waals surface area contributed by atoms with E-state index in [0.717, 1.165) is 89.2 Å². The van der Waals surface area contributed by atoms with Gasteiger partial charge in [-0.3, -0.25) is 81.7 Å². The van der Waals surface area contributed by atoms with Crippen LogP contribution >= 0.6 is 0 Å². The number of methoxy groups -OCH3 is 2. The Labute approximate surface area is 816 Å².